The summed E-state index contributed by atoms with van der Waals surface area (Å²) in [7, 11) is 0. The molecule has 0 atom stereocenters. The lowest BCUT2D eigenvalue weighted by atomic mass is 10.1. The van der Waals surface area contributed by atoms with Crippen molar-refractivity contribution in [3.05, 3.63) is 65.5 Å². The van der Waals surface area contributed by atoms with Crippen molar-refractivity contribution < 1.29 is 4.39 Å². The number of aryl methyl sites for hydroxylation is 1. The van der Waals surface area contributed by atoms with Gasteiger partial charge in [0.05, 0.1) is 5.69 Å². The van der Waals surface area contributed by atoms with Gasteiger partial charge in [-0.3, -0.25) is 0 Å². The molecule has 0 unspecified atom stereocenters. The molecule has 0 saturated heterocycles. The maximum Gasteiger partial charge on any atom is 0.189 e. The maximum atomic E-state index is 13.1. The molecular weight excluding hydrogens is 335 g/mol. The smallest absolute Gasteiger partial charge is 0.189 e. The van der Waals surface area contributed by atoms with Crippen LogP contribution in [-0.4, -0.2) is 16.2 Å². The summed E-state index contributed by atoms with van der Waals surface area (Å²) in [5.74, 6) is 0.0860. The molecule has 124 valence electrons. The van der Waals surface area contributed by atoms with Gasteiger partial charge in [0.15, 0.2) is 11.0 Å². The number of anilines is 2. The fourth-order valence-electron chi connectivity index (χ4n) is 2.32. The highest BCUT2D eigenvalue weighted by Crippen LogP contribution is 2.30. The minimum Gasteiger partial charge on any atom is -0.339 e. The second kappa shape index (κ2) is 7.32. The number of nitrogens with zero attached hydrogens (tertiary/aromatic N) is 3. The third-order valence-corrected chi connectivity index (χ3v) is 4.16. The first-order valence-electron chi connectivity index (χ1n) is 7.56. The molecule has 0 radical (unpaired) electrons. The van der Waals surface area contributed by atoms with Gasteiger partial charge in [-0.2, -0.15) is 5.26 Å². The molecule has 2 aromatic carbocycles. The summed E-state index contributed by atoms with van der Waals surface area (Å²) < 4.78 is 13.1. The molecule has 0 aliphatic carbocycles. The second-order valence-corrected chi connectivity index (χ2v) is 6.17. The van der Waals surface area contributed by atoms with Crippen molar-refractivity contribution in [1.82, 2.24) is 9.97 Å². The molecule has 6 heteroatoms. The molecule has 0 spiro atoms. The zero-order chi connectivity index (χ0) is 17.8. The molecule has 0 fully saturated rings. The third kappa shape index (κ3) is 3.78. The molecule has 4 nitrogen and oxygen atoms in total. The van der Waals surface area contributed by atoms with E-state index in [0.717, 1.165) is 11.1 Å². The average Bonchev–Trinajstić information content (AvgIpc) is 2.63. The Morgan fingerprint density at radius 3 is 2.32 bits per heavy atom. The van der Waals surface area contributed by atoms with E-state index in [9.17, 15) is 9.65 Å². The summed E-state index contributed by atoms with van der Waals surface area (Å²) in [4.78, 5) is 8.92. The number of benzene rings is 2. The van der Waals surface area contributed by atoms with Crippen LogP contribution in [0.4, 0.5) is 15.9 Å². The number of hydrogen-bond donors (Lipinski definition) is 1. The number of nitrogens with one attached hydrogen (secondary N) is 1. The monoisotopic (exact) mass is 350 g/mol. The van der Waals surface area contributed by atoms with Crippen LogP contribution in [-0.2, 0) is 0 Å². The van der Waals surface area contributed by atoms with Gasteiger partial charge in [0.25, 0.3) is 0 Å². The van der Waals surface area contributed by atoms with E-state index in [2.05, 4.69) is 21.4 Å². The van der Waals surface area contributed by atoms with Crippen molar-refractivity contribution in [3.8, 4) is 17.3 Å². The molecular formula is C19H15FN4S. The van der Waals surface area contributed by atoms with Gasteiger partial charge in [-0.05, 0) is 37.4 Å². The van der Waals surface area contributed by atoms with Crippen LogP contribution in [0.1, 0.15) is 11.1 Å². The Kier molecular flexibility index (Phi) is 4.96. The molecule has 25 heavy (non-hydrogen) atoms. The summed E-state index contributed by atoms with van der Waals surface area (Å²) >= 11 is 1.40. The lowest BCUT2D eigenvalue weighted by Gasteiger charge is -2.12. The molecule has 0 amide bonds. The van der Waals surface area contributed by atoms with Gasteiger partial charge in [-0.25, -0.2) is 14.4 Å². The van der Waals surface area contributed by atoms with Crippen LogP contribution in [0.2, 0.25) is 0 Å². The highest BCUT2D eigenvalue weighted by atomic mass is 32.2. The summed E-state index contributed by atoms with van der Waals surface area (Å²) in [6.07, 6.45) is 1.88. The molecule has 1 heterocycles. The molecule has 0 saturated carbocycles. The lowest BCUT2D eigenvalue weighted by molar-refractivity contribution is 0.628. The number of rotatable bonds is 4. The summed E-state index contributed by atoms with van der Waals surface area (Å²) in [5, 5.41) is 13.3. The topological polar surface area (TPSA) is 61.6 Å². The van der Waals surface area contributed by atoms with E-state index >= 15 is 0 Å². The first kappa shape index (κ1) is 16.9. The van der Waals surface area contributed by atoms with E-state index in [-0.39, 0.29) is 5.82 Å². The largest absolute Gasteiger partial charge is 0.339 e. The van der Waals surface area contributed by atoms with Crippen molar-refractivity contribution in [1.29, 1.82) is 5.26 Å². The Labute approximate surface area is 149 Å². The van der Waals surface area contributed by atoms with Crippen LogP contribution in [0.25, 0.3) is 11.3 Å². The first-order valence-corrected chi connectivity index (χ1v) is 8.79. The third-order valence-electron chi connectivity index (χ3n) is 3.61. The van der Waals surface area contributed by atoms with Gasteiger partial charge in [-0.1, -0.05) is 41.6 Å². The number of aromatic nitrogens is 2. The van der Waals surface area contributed by atoms with E-state index in [1.165, 1.54) is 23.9 Å². The Bertz CT molecular complexity index is 931. The van der Waals surface area contributed by atoms with Gasteiger partial charge in [-0.15, -0.1) is 0 Å². The number of hydrogen-bond acceptors (Lipinski definition) is 5. The zero-order valence-electron chi connectivity index (χ0n) is 13.7. The normalized spacial score (nSPS) is 10.3. The van der Waals surface area contributed by atoms with Gasteiger partial charge < -0.3 is 5.32 Å². The van der Waals surface area contributed by atoms with Gasteiger partial charge in [0.2, 0.25) is 0 Å². The van der Waals surface area contributed by atoms with E-state index in [1.807, 2.05) is 37.4 Å². The minimum absolute atomic E-state index is 0.320. The van der Waals surface area contributed by atoms with Crippen LogP contribution in [0, 0.1) is 24.1 Å². The first-order chi connectivity index (χ1) is 12.1. The van der Waals surface area contributed by atoms with Crippen LogP contribution < -0.4 is 5.32 Å². The fraction of sp³-hybridized carbons (Fsp3) is 0.105. The van der Waals surface area contributed by atoms with E-state index < -0.39 is 0 Å². The number of thioether (sulfide) groups is 1. The van der Waals surface area contributed by atoms with Gasteiger partial charge in [0.1, 0.15) is 17.4 Å². The van der Waals surface area contributed by atoms with Crippen molar-refractivity contribution in [2.45, 2.75) is 12.1 Å². The molecule has 1 aromatic heterocycles. The van der Waals surface area contributed by atoms with Gasteiger partial charge in [0, 0.05) is 11.3 Å². The highest BCUT2D eigenvalue weighted by molar-refractivity contribution is 7.98. The summed E-state index contributed by atoms with van der Waals surface area (Å²) in [6.45, 7) is 2.00. The Balaban J connectivity index is 2.11. The quantitative estimate of drug-likeness (QED) is 0.534. The second-order valence-electron chi connectivity index (χ2n) is 5.39. The minimum atomic E-state index is -0.320. The summed E-state index contributed by atoms with van der Waals surface area (Å²) in [6, 6.07) is 15.9. The predicted molar refractivity (Wildman–Crippen MR) is 98.4 cm³/mol. The van der Waals surface area contributed by atoms with E-state index in [1.54, 1.807) is 12.1 Å². The van der Waals surface area contributed by atoms with Crippen LogP contribution in [0.5, 0.6) is 0 Å². The van der Waals surface area contributed by atoms with Crippen molar-refractivity contribution >= 4 is 23.3 Å². The van der Waals surface area contributed by atoms with Crippen LogP contribution in [0.3, 0.4) is 0 Å². The molecule has 0 aliphatic rings. The Morgan fingerprint density at radius 2 is 1.72 bits per heavy atom. The van der Waals surface area contributed by atoms with E-state index in [4.69, 9.17) is 0 Å². The van der Waals surface area contributed by atoms with Crippen LogP contribution >= 0.6 is 11.8 Å². The highest BCUT2D eigenvalue weighted by Gasteiger charge is 2.16. The van der Waals surface area contributed by atoms with Gasteiger partial charge >= 0.3 is 0 Å². The molecule has 0 aliphatic heterocycles. The number of halogens is 1. The average molecular weight is 350 g/mol. The molecule has 3 aromatic rings. The SMILES string of the molecule is CSc1nc(Nc2ccc(F)cc2)c(C#N)c(-c2ccc(C)cc2)n1. The lowest BCUT2D eigenvalue weighted by Crippen LogP contribution is -2.03. The van der Waals surface area contributed by atoms with Crippen molar-refractivity contribution in [2.24, 2.45) is 0 Å². The fourth-order valence-corrected chi connectivity index (χ4v) is 2.68. The summed E-state index contributed by atoms with van der Waals surface area (Å²) in [5.41, 5.74) is 3.56. The predicted octanol–water partition coefficient (Wildman–Crippen LogP) is 4.93. The maximum absolute atomic E-state index is 13.1. The molecule has 0 bridgehead atoms. The Hall–Kier alpha value is -2.91. The molecule has 3 rings (SSSR count). The Morgan fingerprint density at radius 1 is 1.04 bits per heavy atom. The van der Waals surface area contributed by atoms with E-state index in [0.29, 0.717) is 27.9 Å². The van der Waals surface area contributed by atoms with Crippen molar-refractivity contribution in [3.63, 3.8) is 0 Å². The van der Waals surface area contributed by atoms with Crippen molar-refractivity contribution in [2.75, 3.05) is 11.6 Å². The molecule has 1 N–H and O–H groups in total. The number of nitriles is 1. The van der Waals surface area contributed by atoms with Crippen LogP contribution in [0.15, 0.2) is 53.7 Å². The standard InChI is InChI=1S/C19H15FN4S/c1-12-3-5-13(6-4-12)17-16(11-21)18(24-19(23-17)25-2)22-15-9-7-14(20)8-10-15/h3-10H,1-2H3,(H,22,23,24). The zero-order valence-corrected chi connectivity index (χ0v) is 14.6.